The predicted molar refractivity (Wildman–Crippen MR) is 262 cm³/mol. The van der Waals surface area contributed by atoms with Crippen LogP contribution in [-0.2, 0) is 0 Å². The Labute approximate surface area is 358 Å². The highest BCUT2D eigenvalue weighted by Gasteiger charge is 2.20. The Hall–Kier alpha value is -7.72. The summed E-state index contributed by atoms with van der Waals surface area (Å²) in [6.07, 6.45) is 2.18. The molecule has 0 spiro atoms. The van der Waals surface area contributed by atoms with Crippen LogP contribution in [0.2, 0.25) is 0 Å². The number of nitrogens with zero attached hydrogens (tertiary/aromatic N) is 2. The van der Waals surface area contributed by atoms with Gasteiger partial charge in [-0.25, -0.2) is 0 Å². The minimum atomic E-state index is 1.11. The zero-order chi connectivity index (χ0) is 40.3. The molecule has 3 aromatic heterocycles. The molecule has 0 saturated carbocycles. The van der Waals surface area contributed by atoms with E-state index in [1.807, 2.05) is 11.3 Å². The fraction of sp³-hybridized carbons (Fsp3) is 0. The zero-order valence-corrected chi connectivity index (χ0v) is 34.1. The van der Waals surface area contributed by atoms with E-state index >= 15 is 0 Å². The van der Waals surface area contributed by atoms with Crippen LogP contribution in [-0.4, -0.2) is 4.40 Å². The molecule has 0 aliphatic rings. The highest BCUT2D eigenvalue weighted by molar-refractivity contribution is 7.26. The standard InChI is InChI=1S/C58H38N2S/c1-3-12-39(13-4-1)40-21-23-41(24-22-40)42-27-32-47(33-28-42)60(54-19-11-17-50-49-16-7-8-20-55(49)61-58(50)54)48-34-29-43(30-35-48)46-26-25-44-31-36-53-57(51(44)38-46)56(45-14-5-2-6-15-45)52-18-9-10-37-59(52)53/h1-38H. The lowest BCUT2D eigenvalue weighted by molar-refractivity contribution is 1.26. The molecule has 12 aromatic rings. The number of fused-ring (bicyclic) bond motifs is 8. The Morgan fingerprint density at radius 3 is 1.61 bits per heavy atom. The quantitative estimate of drug-likeness (QED) is 0.156. The van der Waals surface area contributed by atoms with Crippen molar-refractivity contribution in [1.82, 2.24) is 4.40 Å². The summed E-state index contributed by atoms with van der Waals surface area (Å²) in [6.45, 7) is 0. The molecule has 0 bridgehead atoms. The Morgan fingerprint density at radius 1 is 0.361 bits per heavy atom. The van der Waals surface area contributed by atoms with Gasteiger partial charge in [0.25, 0.3) is 0 Å². The number of hydrogen-bond donors (Lipinski definition) is 0. The minimum absolute atomic E-state index is 1.11. The van der Waals surface area contributed by atoms with Gasteiger partial charge in [0.2, 0.25) is 0 Å². The van der Waals surface area contributed by atoms with E-state index in [-0.39, 0.29) is 0 Å². The first-order valence-corrected chi connectivity index (χ1v) is 21.6. The number of pyridine rings is 1. The maximum atomic E-state index is 2.42. The highest BCUT2D eigenvalue weighted by atomic mass is 32.1. The monoisotopic (exact) mass is 794 g/mol. The van der Waals surface area contributed by atoms with Crippen LogP contribution < -0.4 is 4.90 Å². The van der Waals surface area contributed by atoms with Crippen LogP contribution >= 0.6 is 11.3 Å². The number of benzene rings is 9. The zero-order valence-electron chi connectivity index (χ0n) is 33.2. The van der Waals surface area contributed by atoms with Crippen molar-refractivity contribution in [2.45, 2.75) is 0 Å². The van der Waals surface area contributed by atoms with E-state index in [9.17, 15) is 0 Å². The first-order chi connectivity index (χ1) is 30.2. The number of aromatic nitrogens is 1. The van der Waals surface area contributed by atoms with Gasteiger partial charge in [-0.3, -0.25) is 0 Å². The molecule has 3 heteroatoms. The summed E-state index contributed by atoms with van der Waals surface area (Å²) >= 11 is 1.86. The van der Waals surface area contributed by atoms with Gasteiger partial charge in [-0.1, -0.05) is 164 Å². The second kappa shape index (κ2) is 14.5. The Morgan fingerprint density at radius 2 is 0.902 bits per heavy atom. The van der Waals surface area contributed by atoms with Crippen LogP contribution in [0.4, 0.5) is 17.1 Å². The van der Waals surface area contributed by atoms with Crippen molar-refractivity contribution in [3.05, 3.63) is 231 Å². The molecule has 286 valence electrons. The van der Waals surface area contributed by atoms with Crippen molar-refractivity contribution in [2.24, 2.45) is 0 Å². The predicted octanol–water partition coefficient (Wildman–Crippen LogP) is 16.8. The molecular weight excluding hydrogens is 757 g/mol. The van der Waals surface area contributed by atoms with Gasteiger partial charge >= 0.3 is 0 Å². The average molecular weight is 795 g/mol. The molecule has 9 aromatic carbocycles. The fourth-order valence-corrected chi connectivity index (χ4v) is 10.5. The molecular formula is C58H38N2S. The van der Waals surface area contributed by atoms with Gasteiger partial charge < -0.3 is 9.30 Å². The van der Waals surface area contributed by atoms with Gasteiger partial charge in [-0.05, 0) is 110 Å². The molecule has 0 unspecified atom stereocenters. The fourth-order valence-electron chi connectivity index (χ4n) is 9.26. The van der Waals surface area contributed by atoms with Crippen molar-refractivity contribution < 1.29 is 0 Å². The second-order valence-electron chi connectivity index (χ2n) is 15.7. The summed E-state index contributed by atoms with van der Waals surface area (Å²) in [5, 5.41) is 6.36. The third-order valence-electron chi connectivity index (χ3n) is 12.2. The number of rotatable bonds is 7. The maximum Gasteiger partial charge on any atom is 0.0640 e. The van der Waals surface area contributed by atoms with E-state index < -0.39 is 0 Å². The van der Waals surface area contributed by atoms with E-state index in [0.717, 1.165) is 11.4 Å². The van der Waals surface area contributed by atoms with E-state index in [1.165, 1.54) is 97.6 Å². The summed E-state index contributed by atoms with van der Waals surface area (Å²) in [4.78, 5) is 2.42. The summed E-state index contributed by atoms with van der Waals surface area (Å²) < 4.78 is 4.91. The van der Waals surface area contributed by atoms with E-state index in [1.54, 1.807) is 0 Å². The molecule has 2 nitrogen and oxygen atoms in total. The Bertz CT molecular complexity index is 3550. The summed E-state index contributed by atoms with van der Waals surface area (Å²) in [5.74, 6) is 0. The molecule has 0 fully saturated rings. The van der Waals surface area contributed by atoms with Crippen molar-refractivity contribution in [3.63, 3.8) is 0 Å². The summed E-state index contributed by atoms with van der Waals surface area (Å²) in [5.41, 5.74) is 15.6. The van der Waals surface area contributed by atoms with E-state index in [2.05, 4.69) is 240 Å². The van der Waals surface area contributed by atoms with Crippen molar-refractivity contribution in [2.75, 3.05) is 4.90 Å². The third kappa shape index (κ3) is 6.01. The molecule has 3 heterocycles. The van der Waals surface area contributed by atoms with Gasteiger partial charge in [-0.15, -0.1) is 11.3 Å². The second-order valence-corrected chi connectivity index (χ2v) is 16.8. The van der Waals surface area contributed by atoms with Gasteiger partial charge in [0, 0.05) is 44.0 Å². The molecule has 0 amide bonds. The number of hydrogen-bond acceptors (Lipinski definition) is 2. The van der Waals surface area contributed by atoms with Crippen molar-refractivity contribution >= 4 is 75.8 Å². The lowest BCUT2D eigenvalue weighted by Gasteiger charge is -2.26. The van der Waals surface area contributed by atoms with Gasteiger partial charge in [0.1, 0.15) is 0 Å². The number of anilines is 3. The Balaban J connectivity index is 0.964. The molecule has 0 aliphatic heterocycles. The number of thiophene rings is 1. The summed E-state index contributed by atoms with van der Waals surface area (Å²) in [7, 11) is 0. The van der Waals surface area contributed by atoms with Crippen LogP contribution in [0.1, 0.15) is 0 Å². The van der Waals surface area contributed by atoms with Crippen LogP contribution in [0.15, 0.2) is 231 Å². The SMILES string of the molecule is c1ccc(-c2ccc(-c3ccc(N(c4ccc(-c5ccc6ccc7c(c(-c8ccccc8)c8ccccn87)c6c5)cc4)c4cccc5c4sc4ccccc45)cc3)cc2)cc1. The molecule has 0 saturated heterocycles. The third-order valence-corrected chi connectivity index (χ3v) is 13.4. The van der Waals surface area contributed by atoms with E-state index in [4.69, 9.17) is 0 Å². The maximum absolute atomic E-state index is 2.42. The van der Waals surface area contributed by atoms with Crippen LogP contribution in [0.5, 0.6) is 0 Å². The van der Waals surface area contributed by atoms with Crippen molar-refractivity contribution in [1.29, 1.82) is 0 Å². The van der Waals surface area contributed by atoms with Crippen LogP contribution in [0.3, 0.4) is 0 Å². The minimum Gasteiger partial charge on any atom is -0.316 e. The van der Waals surface area contributed by atoms with Gasteiger partial charge in [0.15, 0.2) is 0 Å². The van der Waals surface area contributed by atoms with Gasteiger partial charge in [0.05, 0.1) is 21.4 Å². The summed E-state index contributed by atoms with van der Waals surface area (Å²) in [6, 6.07) is 81.9. The van der Waals surface area contributed by atoms with E-state index in [0.29, 0.717) is 0 Å². The lowest BCUT2D eigenvalue weighted by atomic mass is 9.95. The Kier molecular flexibility index (Phi) is 8.39. The van der Waals surface area contributed by atoms with Crippen LogP contribution in [0, 0.1) is 0 Å². The average Bonchev–Trinajstić information content (AvgIpc) is 3.89. The molecule has 12 rings (SSSR count). The topological polar surface area (TPSA) is 7.65 Å². The van der Waals surface area contributed by atoms with Gasteiger partial charge in [-0.2, -0.15) is 0 Å². The lowest BCUT2D eigenvalue weighted by Crippen LogP contribution is -2.10. The normalized spacial score (nSPS) is 11.6. The first-order valence-electron chi connectivity index (χ1n) is 20.8. The highest BCUT2D eigenvalue weighted by Crippen LogP contribution is 2.46. The van der Waals surface area contributed by atoms with Crippen LogP contribution in [0.25, 0.3) is 91.9 Å². The molecule has 0 N–H and O–H groups in total. The molecule has 0 aliphatic carbocycles. The molecule has 61 heavy (non-hydrogen) atoms. The molecule has 0 atom stereocenters. The van der Waals surface area contributed by atoms with Crippen molar-refractivity contribution in [3.8, 4) is 44.5 Å². The largest absolute Gasteiger partial charge is 0.316 e. The first kappa shape index (κ1) is 35.2. The smallest absolute Gasteiger partial charge is 0.0640 e. The molecule has 0 radical (unpaired) electrons.